The van der Waals surface area contributed by atoms with Crippen molar-refractivity contribution < 1.29 is 9.84 Å². The van der Waals surface area contributed by atoms with Crippen LogP contribution < -0.4 is 0 Å². The fraction of sp³-hybridized carbons (Fsp3) is 0.286. The summed E-state index contributed by atoms with van der Waals surface area (Å²) in [6.45, 7) is 0.713. The molecule has 2 nitrogen and oxygen atoms in total. The van der Waals surface area contributed by atoms with E-state index in [0.29, 0.717) is 12.4 Å². The molecule has 0 saturated carbocycles. The standard InChI is InChI=1S/C14H14O2S/c15-14(12-6-3-4-8-16-12)11-9-17-13-7-2-1-5-10(11)13/h1-2,5-7,9,14-15H,3-4,8H2. The maximum Gasteiger partial charge on any atom is 0.137 e. The fourth-order valence-corrected chi connectivity index (χ4v) is 3.11. The number of thiophene rings is 1. The van der Waals surface area contributed by atoms with E-state index in [2.05, 4.69) is 6.07 Å². The van der Waals surface area contributed by atoms with Crippen LogP contribution in [0.5, 0.6) is 0 Å². The Morgan fingerprint density at radius 2 is 2.18 bits per heavy atom. The first kappa shape index (κ1) is 10.8. The van der Waals surface area contributed by atoms with Crippen molar-refractivity contribution in [2.75, 3.05) is 6.61 Å². The summed E-state index contributed by atoms with van der Waals surface area (Å²) in [5.41, 5.74) is 0.957. The third-order valence-electron chi connectivity index (χ3n) is 3.04. The van der Waals surface area contributed by atoms with Gasteiger partial charge in [0, 0.05) is 10.3 Å². The summed E-state index contributed by atoms with van der Waals surface area (Å²) in [7, 11) is 0. The molecular formula is C14H14O2S. The molecule has 0 amide bonds. The van der Waals surface area contributed by atoms with Gasteiger partial charge in [-0.1, -0.05) is 18.2 Å². The minimum absolute atomic E-state index is 0.619. The molecule has 1 unspecified atom stereocenters. The fourth-order valence-electron chi connectivity index (χ4n) is 2.13. The molecule has 1 N–H and O–H groups in total. The number of hydrogen-bond acceptors (Lipinski definition) is 3. The number of aliphatic hydroxyl groups excluding tert-OH is 1. The Kier molecular flexibility index (Phi) is 2.87. The molecule has 0 spiro atoms. The highest BCUT2D eigenvalue weighted by Gasteiger charge is 2.19. The van der Waals surface area contributed by atoms with Crippen molar-refractivity contribution in [1.82, 2.24) is 0 Å². The number of fused-ring (bicyclic) bond motifs is 1. The van der Waals surface area contributed by atoms with E-state index < -0.39 is 6.10 Å². The van der Waals surface area contributed by atoms with E-state index in [9.17, 15) is 5.11 Å². The van der Waals surface area contributed by atoms with Crippen LogP contribution in [0.25, 0.3) is 10.1 Å². The summed E-state index contributed by atoms with van der Waals surface area (Å²) < 4.78 is 6.73. The Morgan fingerprint density at radius 1 is 1.29 bits per heavy atom. The van der Waals surface area contributed by atoms with Gasteiger partial charge in [-0.2, -0.15) is 0 Å². The second kappa shape index (κ2) is 4.51. The summed E-state index contributed by atoms with van der Waals surface area (Å²) in [4.78, 5) is 0. The van der Waals surface area contributed by atoms with Gasteiger partial charge >= 0.3 is 0 Å². The van der Waals surface area contributed by atoms with Gasteiger partial charge in [0.25, 0.3) is 0 Å². The van der Waals surface area contributed by atoms with Gasteiger partial charge in [0.2, 0.25) is 0 Å². The largest absolute Gasteiger partial charge is 0.495 e. The average molecular weight is 246 g/mol. The molecule has 0 radical (unpaired) electrons. The molecule has 0 aliphatic carbocycles. The zero-order chi connectivity index (χ0) is 11.7. The molecule has 3 heteroatoms. The van der Waals surface area contributed by atoms with Crippen molar-refractivity contribution in [3.8, 4) is 0 Å². The van der Waals surface area contributed by atoms with E-state index in [4.69, 9.17) is 4.74 Å². The predicted molar refractivity (Wildman–Crippen MR) is 70.1 cm³/mol. The smallest absolute Gasteiger partial charge is 0.137 e. The molecule has 1 aromatic heterocycles. The van der Waals surface area contributed by atoms with E-state index in [1.807, 2.05) is 29.7 Å². The Hall–Kier alpha value is -1.32. The normalized spacial score (nSPS) is 17.6. The summed E-state index contributed by atoms with van der Waals surface area (Å²) in [5.74, 6) is 0.708. The van der Waals surface area contributed by atoms with Gasteiger partial charge in [0.05, 0.1) is 6.61 Å². The first-order valence-corrected chi connectivity index (χ1v) is 6.71. The van der Waals surface area contributed by atoms with Gasteiger partial charge in [0.1, 0.15) is 11.9 Å². The number of aliphatic hydroxyl groups is 1. The van der Waals surface area contributed by atoms with Crippen molar-refractivity contribution in [3.63, 3.8) is 0 Å². The number of hydrogen-bond donors (Lipinski definition) is 1. The molecule has 17 heavy (non-hydrogen) atoms. The lowest BCUT2D eigenvalue weighted by Gasteiger charge is -2.19. The van der Waals surface area contributed by atoms with Crippen molar-refractivity contribution >= 4 is 21.4 Å². The summed E-state index contributed by atoms with van der Waals surface area (Å²) >= 11 is 1.66. The van der Waals surface area contributed by atoms with Gasteiger partial charge in [-0.3, -0.25) is 0 Å². The van der Waals surface area contributed by atoms with Crippen LogP contribution in [0.4, 0.5) is 0 Å². The van der Waals surface area contributed by atoms with E-state index >= 15 is 0 Å². The van der Waals surface area contributed by atoms with Crippen LogP contribution in [0.1, 0.15) is 24.5 Å². The van der Waals surface area contributed by atoms with Crippen LogP contribution in [0.15, 0.2) is 41.5 Å². The number of benzene rings is 1. The molecule has 0 fully saturated rings. The minimum atomic E-state index is -0.619. The lowest BCUT2D eigenvalue weighted by molar-refractivity contribution is 0.0927. The van der Waals surface area contributed by atoms with Gasteiger partial charge in [0.15, 0.2) is 0 Å². The monoisotopic (exact) mass is 246 g/mol. The lowest BCUT2D eigenvalue weighted by atomic mass is 10.0. The number of allylic oxidation sites excluding steroid dienone is 1. The quantitative estimate of drug-likeness (QED) is 0.876. The van der Waals surface area contributed by atoms with Crippen molar-refractivity contribution in [3.05, 3.63) is 47.0 Å². The SMILES string of the molecule is OC(C1=CCCCO1)c1csc2ccccc12. The van der Waals surface area contributed by atoms with Crippen molar-refractivity contribution in [2.24, 2.45) is 0 Å². The minimum Gasteiger partial charge on any atom is -0.495 e. The Balaban J connectivity index is 2.00. The highest BCUT2D eigenvalue weighted by Crippen LogP contribution is 2.34. The molecule has 1 atom stereocenters. The molecule has 3 rings (SSSR count). The molecule has 1 aliphatic rings. The first-order chi connectivity index (χ1) is 8.36. The van der Waals surface area contributed by atoms with Gasteiger partial charge in [-0.05, 0) is 35.8 Å². The van der Waals surface area contributed by atoms with Crippen LogP contribution in [0.2, 0.25) is 0 Å². The average Bonchev–Trinajstić information content (AvgIpc) is 2.83. The third kappa shape index (κ3) is 1.96. The van der Waals surface area contributed by atoms with Crippen LogP contribution in [0.3, 0.4) is 0 Å². The molecular weight excluding hydrogens is 232 g/mol. The van der Waals surface area contributed by atoms with E-state index in [-0.39, 0.29) is 0 Å². The maximum atomic E-state index is 10.3. The molecule has 1 aromatic carbocycles. The molecule has 2 aromatic rings. The van der Waals surface area contributed by atoms with Crippen LogP contribution in [-0.2, 0) is 4.74 Å². The summed E-state index contributed by atoms with van der Waals surface area (Å²) in [5, 5.41) is 13.5. The highest BCUT2D eigenvalue weighted by molar-refractivity contribution is 7.17. The second-order valence-corrected chi connectivity index (χ2v) is 5.10. The Morgan fingerprint density at radius 3 is 3.00 bits per heavy atom. The van der Waals surface area contributed by atoms with E-state index in [1.165, 1.54) is 4.70 Å². The molecule has 2 heterocycles. The third-order valence-corrected chi connectivity index (χ3v) is 4.02. The van der Waals surface area contributed by atoms with E-state index in [1.54, 1.807) is 11.3 Å². The van der Waals surface area contributed by atoms with Crippen LogP contribution in [0, 0.1) is 0 Å². The van der Waals surface area contributed by atoms with E-state index in [0.717, 1.165) is 23.8 Å². The van der Waals surface area contributed by atoms with Crippen LogP contribution >= 0.6 is 11.3 Å². The molecule has 0 bridgehead atoms. The van der Waals surface area contributed by atoms with Gasteiger partial charge < -0.3 is 9.84 Å². The number of rotatable bonds is 2. The zero-order valence-electron chi connectivity index (χ0n) is 9.43. The van der Waals surface area contributed by atoms with Crippen molar-refractivity contribution in [1.29, 1.82) is 0 Å². The van der Waals surface area contributed by atoms with Crippen molar-refractivity contribution in [2.45, 2.75) is 18.9 Å². The second-order valence-electron chi connectivity index (χ2n) is 4.19. The Labute approximate surface area is 104 Å². The number of ether oxygens (including phenoxy) is 1. The lowest BCUT2D eigenvalue weighted by Crippen LogP contribution is -2.09. The molecule has 88 valence electrons. The summed E-state index contributed by atoms with van der Waals surface area (Å²) in [6.07, 6.45) is 3.42. The van der Waals surface area contributed by atoms with Crippen LogP contribution in [-0.4, -0.2) is 11.7 Å². The molecule has 0 saturated heterocycles. The maximum absolute atomic E-state index is 10.3. The van der Waals surface area contributed by atoms with Gasteiger partial charge in [-0.25, -0.2) is 0 Å². The van der Waals surface area contributed by atoms with Gasteiger partial charge in [-0.15, -0.1) is 11.3 Å². The predicted octanol–water partition coefficient (Wildman–Crippen LogP) is 3.63. The zero-order valence-corrected chi connectivity index (χ0v) is 10.2. The highest BCUT2D eigenvalue weighted by atomic mass is 32.1. The first-order valence-electron chi connectivity index (χ1n) is 5.83. The Bertz CT molecular complexity index is 556. The topological polar surface area (TPSA) is 29.5 Å². The summed E-state index contributed by atoms with van der Waals surface area (Å²) in [6, 6.07) is 8.15. The molecule has 1 aliphatic heterocycles.